The number of anilines is 1. The minimum atomic E-state index is -3.00. The van der Waals surface area contributed by atoms with Gasteiger partial charge in [0.1, 0.15) is 12.3 Å². The molecule has 1 saturated carbocycles. The van der Waals surface area contributed by atoms with Crippen molar-refractivity contribution in [2.24, 2.45) is 10.8 Å². The summed E-state index contributed by atoms with van der Waals surface area (Å²) in [6.45, 7) is 0. The SMILES string of the molecule is COC(=O)C1=C(C(=O)OC)[C@]2(C(=O)OC)O[C@H]1C([C@]1(C(=O)OC)[C@]3(C(=O)OC)ON4C(c5ccccc5)N(C)c5ccccc5C4[C@@]31C(=O)OC)=C2C(=O)OC. The topological polar surface area (TPSA) is 209 Å². The van der Waals surface area contributed by atoms with Crippen LogP contribution in [0.25, 0.3) is 0 Å². The number of hydroxylamine groups is 2. The summed E-state index contributed by atoms with van der Waals surface area (Å²) in [5.41, 5.74) is -13.0. The smallest absolute Gasteiger partial charge is 0.348 e. The summed E-state index contributed by atoms with van der Waals surface area (Å²) in [5, 5.41) is 1.35. The van der Waals surface area contributed by atoms with Crippen molar-refractivity contribution >= 4 is 47.5 Å². The zero-order valence-electron chi connectivity index (χ0n) is 31.4. The summed E-state index contributed by atoms with van der Waals surface area (Å²) in [6, 6.07) is 14.2. The van der Waals surface area contributed by atoms with Crippen LogP contribution in [0.15, 0.2) is 76.9 Å². The van der Waals surface area contributed by atoms with Gasteiger partial charge in [0.2, 0.25) is 11.2 Å². The quantitative estimate of drug-likeness (QED) is 0.255. The fourth-order valence-corrected chi connectivity index (χ4v) is 9.56. The standard InChI is InChI=1S/C38H36N2O16/c1-39-20-17-13-12-16-19(20)26-37(33(46)53-7)36(32(45)52-6,38(37,34(47)54-8)56-40(26)27(39)18-14-10-9-11-15-18)23-24(30(43)50-4)35(31(44)51-5)22(29(42)49-3)21(25(23)55-35)28(41)48-2/h9-17,25-27H,1-8H3/t25-,26?,27?,35+,36-,37+,38+/m1/s1. The minimum Gasteiger partial charge on any atom is -0.468 e. The van der Waals surface area contributed by atoms with Gasteiger partial charge in [-0.1, -0.05) is 48.5 Å². The van der Waals surface area contributed by atoms with Crippen LogP contribution in [-0.4, -0.2) is 121 Å². The first-order valence-electron chi connectivity index (χ1n) is 16.9. The number of hydrogen-bond donors (Lipinski definition) is 0. The Bertz CT molecular complexity index is 2180. The van der Waals surface area contributed by atoms with Gasteiger partial charge in [-0.25, -0.2) is 24.0 Å². The summed E-state index contributed by atoms with van der Waals surface area (Å²) < 4.78 is 42.7. The third-order valence-corrected chi connectivity index (χ3v) is 11.4. The average molecular weight is 777 g/mol. The van der Waals surface area contributed by atoms with Crippen LogP contribution < -0.4 is 4.90 Å². The van der Waals surface area contributed by atoms with Gasteiger partial charge in [0.15, 0.2) is 10.8 Å². The first-order valence-corrected chi connectivity index (χ1v) is 16.9. The predicted molar refractivity (Wildman–Crippen MR) is 183 cm³/mol. The second-order valence-corrected chi connectivity index (χ2v) is 13.2. The minimum absolute atomic E-state index is 0.343. The number of para-hydroxylation sites is 1. The summed E-state index contributed by atoms with van der Waals surface area (Å²) in [4.78, 5) is 109. The molecule has 2 aromatic carbocycles. The van der Waals surface area contributed by atoms with E-state index in [2.05, 4.69) is 0 Å². The maximum absolute atomic E-state index is 15.1. The van der Waals surface area contributed by atoms with E-state index in [0.29, 0.717) is 16.8 Å². The van der Waals surface area contributed by atoms with Crippen molar-refractivity contribution in [1.29, 1.82) is 0 Å². The maximum atomic E-state index is 15.1. The van der Waals surface area contributed by atoms with Gasteiger partial charge in [-0.2, -0.15) is 5.06 Å². The van der Waals surface area contributed by atoms with Crippen molar-refractivity contribution in [3.05, 3.63) is 88.0 Å². The van der Waals surface area contributed by atoms with Gasteiger partial charge in [-0.15, -0.1) is 0 Å². The van der Waals surface area contributed by atoms with Crippen LogP contribution in [0.5, 0.6) is 0 Å². The molecule has 2 fully saturated rings. The summed E-state index contributed by atoms with van der Waals surface area (Å²) in [6.07, 6.45) is -2.99. The van der Waals surface area contributed by atoms with Gasteiger partial charge in [0.05, 0.1) is 72.5 Å². The van der Waals surface area contributed by atoms with Crippen LogP contribution in [-0.2, 0) is 76.3 Å². The lowest BCUT2D eigenvalue weighted by atomic mass is 9.68. The molecule has 5 aliphatic rings. The number of fused-ring (bicyclic) bond motifs is 7. The third kappa shape index (κ3) is 4.02. The molecule has 18 heteroatoms. The molecular weight excluding hydrogens is 740 g/mol. The van der Waals surface area contributed by atoms with E-state index in [1.165, 1.54) is 5.06 Å². The zero-order valence-corrected chi connectivity index (χ0v) is 31.4. The molecule has 2 bridgehead atoms. The monoisotopic (exact) mass is 776 g/mol. The molecule has 18 nitrogen and oxygen atoms in total. The number of rotatable bonds is 9. The number of benzene rings is 2. The Balaban J connectivity index is 1.68. The maximum Gasteiger partial charge on any atom is 0.348 e. The number of carbonyl (C=O) groups is 7. The van der Waals surface area contributed by atoms with Crippen molar-refractivity contribution < 1.29 is 76.3 Å². The predicted octanol–water partition coefficient (Wildman–Crippen LogP) is 0.804. The van der Waals surface area contributed by atoms with Crippen molar-refractivity contribution in [3.63, 3.8) is 0 Å². The molecule has 1 aliphatic carbocycles. The van der Waals surface area contributed by atoms with Gasteiger partial charge < -0.3 is 42.8 Å². The molecule has 7 atom stereocenters. The van der Waals surface area contributed by atoms with Crippen LogP contribution in [0, 0.1) is 10.8 Å². The lowest BCUT2D eigenvalue weighted by molar-refractivity contribution is -0.246. The first-order chi connectivity index (χ1) is 26.8. The molecule has 1 saturated heterocycles. The number of esters is 7. The summed E-state index contributed by atoms with van der Waals surface area (Å²) in [7, 11) is 8.41. The van der Waals surface area contributed by atoms with E-state index in [1.54, 1.807) is 61.6 Å². The van der Waals surface area contributed by atoms with Crippen molar-refractivity contribution in [2.45, 2.75) is 29.5 Å². The number of methoxy groups -OCH3 is 7. The molecule has 4 aliphatic heterocycles. The molecule has 7 rings (SSSR count). The van der Waals surface area contributed by atoms with Gasteiger partial charge in [0.25, 0.3) is 0 Å². The average Bonchev–Trinajstić information content (AvgIpc) is 3.55. The second kappa shape index (κ2) is 13.0. The molecule has 0 spiro atoms. The number of ether oxygens (including phenoxy) is 8. The summed E-state index contributed by atoms with van der Waals surface area (Å²) >= 11 is 0. The highest BCUT2D eigenvalue weighted by Gasteiger charge is 3.09. The fraction of sp³-hybridized carbons (Fsp3) is 0.395. The molecule has 4 heterocycles. The van der Waals surface area contributed by atoms with Crippen molar-refractivity contribution in [3.8, 4) is 0 Å². The van der Waals surface area contributed by atoms with E-state index in [1.807, 2.05) is 4.90 Å². The van der Waals surface area contributed by atoms with E-state index >= 15 is 9.59 Å². The molecule has 0 radical (unpaired) electrons. The number of nitrogens with zero attached hydrogens (tertiary/aromatic N) is 2. The summed E-state index contributed by atoms with van der Waals surface area (Å²) in [5.74, 6) is -9.37. The van der Waals surface area contributed by atoms with E-state index in [0.717, 1.165) is 49.8 Å². The molecule has 56 heavy (non-hydrogen) atoms. The Hall–Kier alpha value is -6.11. The molecule has 0 amide bonds. The van der Waals surface area contributed by atoms with Crippen LogP contribution in [0.2, 0.25) is 0 Å². The van der Waals surface area contributed by atoms with Gasteiger partial charge in [-0.05, 0) is 22.8 Å². The Morgan fingerprint density at radius 3 is 1.75 bits per heavy atom. The van der Waals surface area contributed by atoms with Gasteiger partial charge in [-0.3, -0.25) is 14.4 Å². The van der Waals surface area contributed by atoms with E-state index in [9.17, 15) is 24.0 Å². The zero-order chi connectivity index (χ0) is 40.7. The van der Waals surface area contributed by atoms with Crippen LogP contribution in [0.1, 0.15) is 23.3 Å². The Kier molecular flexibility index (Phi) is 8.86. The molecular formula is C38H36N2O16. The molecule has 294 valence electrons. The normalized spacial score (nSPS) is 30.7. The highest BCUT2D eigenvalue weighted by Crippen LogP contribution is 2.89. The van der Waals surface area contributed by atoms with E-state index in [4.69, 9.17) is 42.7 Å². The largest absolute Gasteiger partial charge is 0.468 e. The van der Waals surface area contributed by atoms with Crippen molar-refractivity contribution in [2.75, 3.05) is 61.7 Å². The number of hydrogen-bond acceptors (Lipinski definition) is 18. The Labute approximate surface area is 318 Å². The van der Waals surface area contributed by atoms with Gasteiger partial charge >= 0.3 is 41.8 Å². The van der Waals surface area contributed by atoms with Crippen LogP contribution in [0.4, 0.5) is 5.69 Å². The fourth-order valence-electron chi connectivity index (χ4n) is 9.56. The molecule has 2 aromatic rings. The Morgan fingerprint density at radius 1 is 0.625 bits per heavy atom. The molecule has 2 unspecified atom stereocenters. The van der Waals surface area contributed by atoms with E-state index < -0.39 is 104 Å². The molecule has 0 N–H and O–H groups in total. The van der Waals surface area contributed by atoms with E-state index in [-0.39, 0.29) is 0 Å². The second-order valence-electron chi connectivity index (χ2n) is 13.2. The van der Waals surface area contributed by atoms with Crippen LogP contribution >= 0.6 is 0 Å². The van der Waals surface area contributed by atoms with Crippen LogP contribution in [0.3, 0.4) is 0 Å². The Morgan fingerprint density at radius 2 is 1.18 bits per heavy atom. The first kappa shape index (κ1) is 38.2. The lowest BCUT2D eigenvalue weighted by Gasteiger charge is -2.48. The highest BCUT2D eigenvalue weighted by atomic mass is 16.7. The van der Waals surface area contributed by atoms with Gasteiger partial charge in [0, 0.05) is 12.7 Å². The van der Waals surface area contributed by atoms with Crippen molar-refractivity contribution in [1.82, 2.24) is 5.06 Å². The third-order valence-electron chi connectivity index (χ3n) is 11.4. The molecule has 0 aromatic heterocycles. The number of carbonyl (C=O) groups excluding carboxylic acids is 7. The lowest BCUT2D eigenvalue weighted by Crippen LogP contribution is -2.53. The highest BCUT2D eigenvalue weighted by molar-refractivity contribution is 6.21.